The number of carbonyl (C=O) groups excluding carboxylic acids is 2. The van der Waals surface area contributed by atoms with Crippen molar-refractivity contribution in [3.63, 3.8) is 0 Å². The van der Waals surface area contributed by atoms with Gasteiger partial charge < -0.3 is 14.3 Å². The summed E-state index contributed by atoms with van der Waals surface area (Å²) < 4.78 is 25.9. The maximum Gasteiger partial charge on any atom is 0.165 e. The minimum absolute atomic E-state index is 0.0507. The molecule has 0 radical (unpaired) electrons. The van der Waals surface area contributed by atoms with E-state index in [-0.39, 0.29) is 42.3 Å². The smallest absolute Gasteiger partial charge is 0.165 e. The lowest BCUT2D eigenvalue weighted by Gasteiger charge is -2.11. The van der Waals surface area contributed by atoms with Crippen LogP contribution in [0, 0.1) is 5.82 Å². The molecule has 5 nitrogen and oxygen atoms in total. The van der Waals surface area contributed by atoms with Crippen LogP contribution < -0.4 is 9.47 Å². The number of ketones is 2. The topological polar surface area (TPSA) is 65.5 Å². The monoisotopic (exact) mass is 457 g/mol. The summed E-state index contributed by atoms with van der Waals surface area (Å²) >= 11 is 0. The van der Waals surface area contributed by atoms with E-state index in [4.69, 9.17) is 9.47 Å². The van der Waals surface area contributed by atoms with Gasteiger partial charge in [-0.15, -0.1) is 0 Å². The van der Waals surface area contributed by atoms with Crippen LogP contribution in [0.1, 0.15) is 41.4 Å². The fourth-order valence-corrected chi connectivity index (χ4v) is 3.46. The Labute approximate surface area is 197 Å². The number of nitrogens with zero attached hydrogens (tertiary/aromatic N) is 1. The molecule has 0 fully saturated rings. The summed E-state index contributed by atoms with van der Waals surface area (Å²) in [4.78, 5) is 27.7. The number of ether oxygens (including phenoxy) is 2. The zero-order valence-electron chi connectivity index (χ0n) is 18.8. The molecule has 0 aliphatic heterocycles. The quantitative estimate of drug-likeness (QED) is 0.270. The first-order chi connectivity index (χ1) is 16.5. The van der Waals surface area contributed by atoms with Gasteiger partial charge in [0.2, 0.25) is 0 Å². The fourth-order valence-electron chi connectivity index (χ4n) is 3.46. The summed E-state index contributed by atoms with van der Waals surface area (Å²) in [6, 6.07) is 23.3. The molecule has 0 amide bonds. The lowest BCUT2D eigenvalue weighted by atomic mass is 10.1. The second kappa shape index (κ2) is 10.7. The number of hydrogen-bond donors (Lipinski definition) is 0. The van der Waals surface area contributed by atoms with Crippen molar-refractivity contribution in [3.8, 4) is 11.5 Å². The van der Waals surface area contributed by atoms with Crippen LogP contribution in [0.2, 0.25) is 0 Å². The molecule has 4 aromatic rings. The van der Waals surface area contributed by atoms with E-state index < -0.39 is 5.82 Å². The Morgan fingerprint density at radius 1 is 0.853 bits per heavy atom. The minimum Gasteiger partial charge on any atom is -0.487 e. The van der Waals surface area contributed by atoms with Crippen LogP contribution in [-0.4, -0.2) is 16.6 Å². The van der Waals surface area contributed by atoms with Crippen LogP contribution >= 0.6 is 0 Å². The molecular weight excluding hydrogens is 433 g/mol. The van der Waals surface area contributed by atoms with Gasteiger partial charge in [-0.1, -0.05) is 36.4 Å². The first-order valence-corrected chi connectivity index (χ1v) is 11.0. The predicted molar refractivity (Wildman–Crippen MR) is 127 cm³/mol. The Balaban J connectivity index is 1.35. The Morgan fingerprint density at radius 3 is 2.53 bits per heavy atom. The summed E-state index contributed by atoms with van der Waals surface area (Å²) in [7, 11) is 0. The van der Waals surface area contributed by atoms with Gasteiger partial charge in [-0.05, 0) is 55.0 Å². The molecule has 0 N–H and O–H groups in total. The summed E-state index contributed by atoms with van der Waals surface area (Å²) in [5.41, 5.74) is 2.77. The van der Waals surface area contributed by atoms with Crippen LogP contribution in [0.4, 0.5) is 4.39 Å². The molecule has 6 heteroatoms. The van der Waals surface area contributed by atoms with Gasteiger partial charge in [0.05, 0.1) is 11.2 Å². The molecule has 0 atom stereocenters. The van der Waals surface area contributed by atoms with Crippen molar-refractivity contribution in [2.45, 2.75) is 33.0 Å². The normalized spacial score (nSPS) is 10.8. The van der Waals surface area contributed by atoms with Gasteiger partial charge in [0.1, 0.15) is 24.7 Å². The number of hydrogen-bond acceptors (Lipinski definition) is 5. The Morgan fingerprint density at radius 2 is 1.71 bits per heavy atom. The zero-order chi connectivity index (χ0) is 23.9. The molecule has 0 aliphatic carbocycles. The summed E-state index contributed by atoms with van der Waals surface area (Å²) in [6.45, 7) is 1.88. The number of carbonyl (C=O) groups is 2. The molecule has 0 bridgehead atoms. The fraction of sp³-hybridized carbons (Fsp3) is 0.179. The number of Topliss-reactive ketones (excluding diaryl/α,β-unsaturated/α-hetero) is 2. The van der Waals surface area contributed by atoms with Crippen molar-refractivity contribution in [2.75, 3.05) is 0 Å². The van der Waals surface area contributed by atoms with E-state index in [2.05, 4.69) is 4.98 Å². The number of benzene rings is 3. The first kappa shape index (κ1) is 23.1. The highest BCUT2D eigenvalue weighted by Gasteiger charge is 2.12. The average molecular weight is 458 g/mol. The number of rotatable bonds is 10. The third-order valence-corrected chi connectivity index (χ3v) is 5.29. The van der Waals surface area contributed by atoms with Crippen LogP contribution in [-0.2, 0) is 18.0 Å². The van der Waals surface area contributed by atoms with Crippen molar-refractivity contribution < 1.29 is 23.5 Å². The van der Waals surface area contributed by atoms with E-state index >= 15 is 0 Å². The largest absolute Gasteiger partial charge is 0.487 e. The Kier molecular flexibility index (Phi) is 7.28. The Bertz CT molecular complexity index is 1340. The highest BCUT2D eigenvalue weighted by Crippen LogP contribution is 2.22. The van der Waals surface area contributed by atoms with Crippen LogP contribution in [0.3, 0.4) is 0 Å². The van der Waals surface area contributed by atoms with Gasteiger partial charge in [-0.25, -0.2) is 9.37 Å². The molecule has 0 aliphatic rings. The standard InChI is InChI=1S/C28H24FNO4/c1-19(31)9-13-27(32)22-11-14-28(25(29)16-22)34-17-20-5-4-7-24(15-20)33-18-23-12-10-21-6-2-3-8-26(21)30-23/h2-8,10-12,14-16H,9,13,17-18H2,1H3. The van der Waals surface area contributed by atoms with Crippen LogP contribution in [0.15, 0.2) is 78.9 Å². The number of aromatic nitrogens is 1. The SMILES string of the molecule is CC(=O)CCC(=O)c1ccc(OCc2cccc(OCc3ccc4ccccc4n3)c2)c(F)c1. The molecule has 3 aromatic carbocycles. The van der Waals surface area contributed by atoms with Gasteiger partial charge >= 0.3 is 0 Å². The summed E-state index contributed by atoms with van der Waals surface area (Å²) in [6.07, 6.45) is 0.213. The molecule has 1 aromatic heterocycles. The van der Waals surface area contributed by atoms with Crippen molar-refractivity contribution in [2.24, 2.45) is 0 Å². The van der Waals surface area contributed by atoms with E-state index in [1.165, 1.54) is 19.1 Å². The second-order valence-corrected chi connectivity index (χ2v) is 7.99. The number of fused-ring (bicyclic) bond motifs is 1. The van der Waals surface area contributed by atoms with E-state index in [0.717, 1.165) is 28.2 Å². The molecule has 0 saturated carbocycles. The zero-order valence-corrected chi connectivity index (χ0v) is 18.8. The molecule has 1 heterocycles. The van der Waals surface area contributed by atoms with E-state index in [9.17, 15) is 14.0 Å². The maximum absolute atomic E-state index is 14.4. The third-order valence-electron chi connectivity index (χ3n) is 5.29. The predicted octanol–water partition coefficient (Wildman–Crippen LogP) is 6.08. The first-order valence-electron chi connectivity index (χ1n) is 11.0. The van der Waals surface area contributed by atoms with E-state index in [1.807, 2.05) is 60.7 Å². The van der Waals surface area contributed by atoms with E-state index in [0.29, 0.717) is 12.4 Å². The summed E-state index contributed by atoms with van der Waals surface area (Å²) in [5.74, 6) is -0.263. The Hall–Kier alpha value is -4.06. The number of para-hydroxylation sites is 1. The lowest BCUT2D eigenvalue weighted by Crippen LogP contribution is -2.04. The number of halogens is 1. The molecule has 172 valence electrons. The van der Waals surface area contributed by atoms with Gasteiger partial charge in [-0.2, -0.15) is 0 Å². The lowest BCUT2D eigenvalue weighted by molar-refractivity contribution is -0.116. The van der Waals surface area contributed by atoms with Gasteiger partial charge in [0.15, 0.2) is 17.3 Å². The molecular formula is C28H24FNO4. The number of pyridine rings is 1. The minimum atomic E-state index is -0.622. The van der Waals surface area contributed by atoms with Gasteiger partial charge in [-0.3, -0.25) is 4.79 Å². The van der Waals surface area contributed by atoms with Crippen molar-refractivity contribution in [3.05, 3.63) is 102 Å². The summed E-state index contributed by atoms with van der Waals surface area (Å²) in [5, 5.41) is 1.08. The molecule has 4 rings (SSSR count). The third kappa shape index (κ3) is 6.04. The van der Waals surface area contributed by atoms with Crippen molar-refractivity contribution in [1.82, 2.24) is 4.98 Å². The van der Waals surface area contributed by atoms with Crippen LogP contribution in [0.5, 0.6) is 11.5 Å². The van der Waals surface area contributed by atoms with Gasteiger partial charge in [0.25, 0.3) is 0 Å². The van der Waals surface area contributed by atoms with Gasteiger partial charge in [0, 0.05) is 23.8 Å². The molecule has 0 unspecified atom stereocenters. The molecule has 0 saturated heterocycles. The molecule has 34 heavy (non-hydrogen) atoms. The average Bonchev–Trinajstić information content (AvgIpc) is 2.85. The van der Waals surface area contributed by atoms with Crippen molar-refractivity contribution in [1.29, 1.82) is 0 Å². The maximum atomic E-state index is 14.4. The van der Waals surface area contributed by atoms with E-state index in [1.54, 1.807) is 0 Å². The highest BCUT2D eigenvalue weighted by molar-refractivity contribution is 5.98. The molecule has 0 spiro atoms. The van der Waals surface area contributed by atoms with Crippen LogP contribution in [0.25, 0.3) is 10.9 Å². The highest BCUT2D eigenvalue weighted by atomic mass is 19.1. The van der Waals surface area contributed by atoms with Crippen molar-refractivity contribution >= 4 is 22.5 Å². The second-order valence-electron chi connectivity index (χ2n) is 7.99.